The molecule has 0 radical (unpaired) electrons. The zero-order valence-electron chi connectivity index (χ0n) is 17.4. The Labute approximate surface area is 162 Å². The van der Waals surface area contributed by atoms with Crippen LogP contribution < -0.4 is 0 Å². The Balaban J connectivity index is 0.000000209. The summed E-state index contributed by atoms with van der Waals surface area (Å²) >= 11 is 0. The third kappa shape index (κ3) is 6.01. The summed E-state index contributed by atoms with van der Waals surface area (Å²) in [5.74, 6) is 1.37. The van der Waals surface area contributed by atoms with E-state index in [9.17, 15) is 0 Å². The molecule has 2 aliphatic carbocycles. The molecular formula is C26H38. The smallest absolute Gasteiger partial charge is 0.00299 e. The summed E-state index contributed by atoms with van der Waals surface area (Å²) in [5, 5.41) is 0. The van der Waals surface area contributed by atoms with Crippen molar-refractivity contribution >= 4 is 5.57 Å². The van der Waals surface area contributed by atoms with Crippen molar-refractivity contribution in [3.63, 3.8) is 0 Å². The fourth-order valence-corrected chi connectivity index (χ4v) is 3.94. The first-order valence-electron chi connectivity index (χ1n) is 10.9. The second-order valence-corrected chi connectivity index (χ2v) is 7.84. The van der Waals surface area contributed by atoms with Gasteiger partial charge in [-0.1, -0.05) is 101 Å². The van der Waals surface area contributed by atoms with Crippen LogP contribution >= 0.6 is 0 Å². The van der Waals surface area contributed by atoms with Crippen molar-refractivity contribution < 1.29 is 0 Å². The molecule has 0 heteroatoms. The Morgan fingerprint density at radius 3 is 2.23 bits per heavy atom. The normalized spacial score (nSPS) is 20.3. The molecule has 0 fully saturated rings. The van der Waals surface area contributed by atoms with E-state index < -0.39 is 0 Å². The quantitative estimate of drug-likeness (QED) is 0.441. The summed E-state index contributed by atoms with van der Waals surface area (Å²) < 4.78 is 0. The standard InChI is InChI=1S/C16H22.C10H16/c1-3-5-9-14-12-13(8-4-2)15-10-6-7-11-16(14)15;1-3-4-5-10-7-6-9(2)8-10/h6-7,10-13H,3-5,8-9H2,1-2H3;6-9H,3-5H2,1-2H3. The molecule has 142 valence electrons. The molecule has 0 aromatic heterocycles. The SMILES string of the molecule is CCCCC1=CC(C)C=C1.CCCCC1=CC(CCC)c2ccccc21. The van der Waals surface area contributed by atoms with Gasteiger partial charge in [0.05, 0.1) is 0 Å². The predicted molar refractivity (Wildman–Crippen MR) is 118 cm³/mol. The van der Waals surface area contributed by atoms with Crippen molar-refractivity contribution in [2.45, 2.75) is 85.0 Å². The van der Waals surface area contributed by atoms with Crippen molar-refractivity contribution in [3.8, 4) is 0 Å². The molecule has 0 heterocycles. The minimum Gasteiger partial charge on any atom is -0.0776 e. The van der Waals surface area contributed by atoms with Crippen molar-refractivity contribution in [2.24, 2.45) is 5.92 Å². The maximum absolute atomic E-state index is 2.52. The summed E-state index contributed by atoms with van der Waals surface area (Å²) in [6.45, 7) is 9.02. The Morgan fingerprint density at radius 2 is 1.58 bits per heavy atom. The van der Waals surface area contributed by atoms with Crippen LogP contribution in [0.4, 0.5) is 0 Å². The van der Waals surface area contributed by atoms with Gasteiger partial charge in [-0.3, -0.25) is 0 Å². The van der Waals surface area contributed by atoms with Gasteiger partial charge in [-0.15, -0.1) is 0 Å². The zero-order valence-corrected chi connectivity index (χ0v) is 17.4. The first-order valence-corrected chi connectivity index (χ1v) is 10.9. The predicted octanol–water partition coefficient (Wildman–Crippen LogP) is 8.47. The van der Waals surface area contributed by atoms with Crippen molar-refractivity contribution in [1.29, 1.82) is 0 Å². The molecule has 0 bridgehead atoms. The molecule has 2 unspecified atom stereocenters. The lowest BCUT2D eigenvalue weighted by molar-refractivity contribution is 0.725. The molecule has 3 rings (SSSR count). The lowest BCUT2D eigenvalue weighted by Gasteiger charge is -2.08. The van der Waals surface area contributed by atoms with Gasteiger partial charge in [0.2, 0.25) is 0 Å². The zero-order chi connectivity index (χ0) is 18.8. The third-order valence-corrected chi connectivity index (χ3v) is 5.42. The number of benzene rings is 1. The highest BCUT2D eigenvalue weighted by molar-refractivity contribution is 5.74. The first kappa shape index (κ1) is 20.7. The van der Waals surface area contributed by atoms with Gasteiger partial charge < -0.3 is 0 Å². The van der Waals surface area contributed by atoms with Crippen LogP contribution in [0, 0.1) is 5.92 Å². The number of unbranched alkanes of at least 4 members (excludes halogenated alkanes) is 2. The van der Waals surface area contributed by atoms with E-state index in [2.05, 4.69) is 76.3 Å². The van der Waals surface area contributed by atoms with Crippen LogP contribution in [0.25, 0.3) is 5.57 Å². The van der Waals surface area contributed by atoms with Gasteiger partial charge >= 0.3 is 0 Å². The average Bonchev–Trinajstić information content (AvgIpc) is 3.23. The first-order chi connectivity index (χ1) is 12.7. The maximum atomic E-state index is 2.52. The number of hydrogen-bond acceptors (Lipinski definition) is 0. The van der Waals surface area contributed by atoms with Gasteiger partial charge in [0.1, 0.15) is 0 Å². The van der Waals surface area contributed by atoms with E-state index in [1.165, 1.54) is 62.5 Å². The molecule has 0 spiro atoms. The Morgan fingerprint density at radius 1 is 0.846 bits per heavy atom. The molecule has 2 aliphatic rings. The topological polar surface area (TPSA) is 0 Å². The fourth-order valence-electron chi connectivity index (χ4n) is 3.94. The molecule has 1 aromatic carbocycles. The van der Waals surface area contributed by atoms with Crippen molar-refractivity contribution in [3.05, 3.63) is 65.3 Å². The lowest BCUT2D eigenvalue weighted by Crippen LogP contribution is -1.91. The van der Waals surface area contributed by atoms with E-state index in [0.29, 0.717) is 11.8 Å². The largest absolute Gasteiger partial charge is 0.0776 e. The van der Waals surface area contributed by atoms with Gasteiger partial charge in [-0.2, -0.15) is 0 Å². The summed E-state index contributed by atoms with van der Waals surface area (Å²) in [6.07, 6.45) is 19.8. The third-order valence-electron chi connectivity index (χ3n) is 5.42. The number of fused-ring (bicyclic) bond motifs is 1. The minimum atomic E-state index is 0.687. The van der Waals surface area contributed by atoms with Crippen molar-refractivity contribution in [2.75, 3.05) is 0 Å². The van der Waals surface area contributed by atoms with Gasteiger partial charge in [0.25, 0.3) is 0 Å². The van der Waals surface area contributed by atoms with Gasteiger partial charge in [0.15, 0.2) is 0 Å². The lowest BCUT2D eigenvalue weighted by atomic mass is 9.96. The van der Waals surface area contributed by atoms with Crippen LogP contribution in [0.2, 0.25) is 0 Å². The van der Waals surface area contributed by atoms with Crippen molar-refractivity contribution in [1.82, 2.24) is 0 Å². The molecule has 0 N–H and O–H groups in total. The summed E-state index contributed by atoms with van der Waals surface area (Å²) in [5.41, 5.74) is 6.22. The Kier molecular flexibility index (Phi) is 8.95. The highest BCUT2D eigenvalue weighted by Crippen LogP contribution is 2.40. The second kappa shape index (κ2) is 11.2. The number of allylic oxidation sites excluding steroid dienone is 6. The van der Waals surface area contributed by atoms with Crippen LogP contribution in [0.1, 0.15) is 96.1 Å². The summed E-state index contributed by atoms with van der Waals surface area (Å²) in [4.78, 5) is 0. The van der Waals surface area contributed by atoms with E-state index in [1.54, 1.807) is 11.1 Å². The number of hydrogen-bond donors (Lipinski definition) is 0. The van der Waals surface area contributed by atoms with Gasteiger partial charge in [-0.25, -0.2) is 0 Å². The molecule has 0 aliphatic heterocycles. The minimum absolute atomic E-state index is 0.687. The van der Waals surface area contributed by atoms with Crippen LogP contribution in [0.15, 0.2) is 54.1 Å². The molecule has 0 amide bonds. The van der Waals surface area contributed by atoms with E-state index in [0.717, 1.165) is 0 Å². The maximum Gasteiger partial charge on any atom is 0.00299 e. The fraction of sp³-hybridized carbons (Fsp3) is 0.538. The number of rotatable bonds is 8. The monoisotopic (exact) mass is 350 g/mol. The van der Waals surface area contributed by atoms with E-state index in [-0.39, 0.29) is 0 Å². The van der Waals surface area contributed by atoms with Gasteiger partial charge in [0, 0.05) is 5.92 Å². The summed E-state index contributed by atoms with van der Waals surface area (Å²) in [6, 6.07) is 8.96. The van der Waals surface area contributed by atoms with E-state index >= 15 is 0 Å². The molecule has 0 saturated carbocycles. The Bertz CT molecular complexity index is 629. The molecule has 2 atom stereocenters. The van der Waals surface area contributed by atoms with Gasteiger partial charge in [-0.05, 0) is 54.7 Å². The molecule has 0 nitrogen and oxygen atoms in total. The molecular weight excluding hydrogens is 312 g/mol. The molecule has 26 heavy (non-hydrogen) atoms. The van der Waals surface area contributed by atoms with E-state index in [4.69, 9.17) is 0 Å². The second-order valence-electron chi connectivity index (χ2n) is 7.84. The van der Waals surface area contributed by atoms with Crippen LogP contribution in [0.5, 0.6) is 0 Å². The van der Waals surface area contributed by atoms with Crippen LogP contribution in [-0.4, -0.2) is 0 Å². The Hall–Kier alpha value is -1.56. The highest BCUT2D eigenvalue weighted by atomic mass is 14.3. The van der Waals surface area contributed by atoms with E-state index in [1.807, 2.05) is 0 Å². The van der Waals surface area contributed by atoms with Crippen LogP contribution in [-0.2, 0) is 0 Å². The summed E-state index contributed by atoms with van der Waals surface area (Å²) in [7, 11) is 0. The average molecular weight is 351 g/mol. The highest BCUT2D eigenvalue weighted by Gasteiger charge is 2.21. The molecule has 0 saturated heterocycles. The van der Waals surface area contributed by atoms with Crippen LogP contribution in [0.3, 0.4) is 0 Å². The molecule has 1 aromatic rings.